The highest BCUT2D eigenvalue weighted by Gasteiger charge is 2.21. The number of benzene rings is 2. The van der Waals surface area contributed by atoms with Crippen LogP contribution in [0.1, 0.15) is 20.3 Å². The average Bonchev–Trinajstić information content (AvgIpc) is 3.16. The molecule has 1 unspecified atom stereocenters. The molecule has 0 spiro atoms. The van der Waals surface area contributed by atoms with Gasteiger partial charge < -0.3 is 14.8 Å². The number of para-hydroxylation sites is 1. The molecule has 3 aromatic rings. The summed E-state index contributed by atoms with van der Waals surface area (Å²) in [6, 6.07) is 13.1. The summed E-state index contributed by atoms with van der Waals surface area (Å²) in [5, 5.41) is 10.2. The summed E-state index contributed by atoms with van der Waals surface area (Å²) in [6.45, 7) is 4.17. The molecule has 2 aromatic carbocycles. The molecule has 1 atom stereocenters. The number of nitrogens with zero attached hydrogens (tertiary/aromatic N) is 2. The third kappa shape index (κ3) is 4.64. The first-order chi connectivity index (χ1) is 13.6. The van der Waals surface area contributed by atoms with Crippen LogP contribution in [0.5, 0.6) is 11.5 Å². The summed E-state index contributed by atoms with van der Waals surface area (Å²) in [7, 11) is 0. The third-order valence-corrected chi connectivity index (χ3v) is 3.84. The quantitative estimate of drug-likeness (QED) is 0.629. The molecular formula is C20H20FN3O4. The first kappa shape index (κ1) is 19.3. The molecule has 0 aliphatic carbocycles. The van der Waals surface area contributed by atoms with Crippen LogP contribution in [0.3, 0.4) is 0 Å². The Balaban J connectivity index is 1.68. The van der Waals surface area contributed by atoms with Gasteiger partial charge in [0.05, 0.1) is 6.61 Å². The summed E-state index contributed by atoms with van der Waals surface area (Å²) in [5.41, 5.74) is 1.07. The molecule has 0 fully saturated rings. The normalized spacial score (nSPS) is 11.7. The second kappa shape index (κ2) is 8.98. The lowest BCUT2D eigenvalue weighted by molar-refractivity contribution is -0.122. The van der Waals surface area contributed by atoms with E-state index in [1.165, 1.54) is 19.1 Å². The summed E-state index contributed by atoms with van der Waals surface area (Å²) in [4.78, 5) is 12.4. The zero-order valence-electron chi connectivity index (χ0n) is 15.5. The van der Waals surface area contributed by atoms with Crippen molar-refractivity contribution in [3.05, 3.63) is 54.3 Å². The van der Waals surface area contributed by atoms with Gasteiger partial charge in [-0.1, -0.05) is 19.1 Å². The van der Waals surface area contributed by atoms with Gasteiger partial charge in [0.2, 0.25) is 5.82 Å². The van der Waals surface area contributed by atoms with E-state index in [9.17, 15) is 9.18 Å². The van der Waals surface area contributed by atoms with Crippen molar-refractivity contribution < 1.29 is 23.3 Å². The number of carbonyl (C=O) groups excluding carboxylic acids is 1. The van der Waals surface area contributed by atoms with Crippen LogP contribution in [-0.2, 0) is 4.79 Å². The maximum Gasteiger partial charge on any atom is 0.266 e. The summed E-state index contributed by atoms with van der Waals surface area (Å²) < 4.78 is 29.4. The number of ether oxygens (including phenoxy) is 2. The van der Waals surface area contributed by atoms with Gasteiger partial charge in [-0.25, -0.2) is 9.02 Å². The van der Waals surface area contributed by atoms with Gasteiger partial charge in [-0.3, -0.25) is 4.79 Å². The van der Waals surface area contributed by atoms with E-state index in [4.69, 9.17) is 14.1 Å². The standard InChI is InChI=1S/C20H20FN3O4/c1-3-12-26-15-10-8-14(9-11-15)18-19(24-28-23-18)22-20(25)13(2)27-17-7-5-4-6-16(17)21/h4-11,13H,3,12H2,1-2H3,(H,22,24,25). The number of nitrogens with one attached hydrogen (secondary N) is 1. The number of anilines is 1. The molecule has 0 aliphatic heterocycles. The topological polar surface area (TPSA) is 86.5 Å². The van der Waals surface area contributed by atoms with Crippen LogP contribution in [-0.4, -0.2) is 28.9 Å². The summed E-state index contributed by atoms with van der Waals surface area (Å²) in [5.74, 6) is -0.179. The number of hydrogen-bond donors (Lipinski definition) is 1. The minimum atomic E-state index is -0.953. The van der Waals surface area contributed by atoms with Gasteiger partial charge in [-0.05, 0) is 60.1 Å². The highest BCUT2D eigenvalue weighted by molar-refractivity contribution is 5.95. The van der Waals surface area contributed by atoms with E-state index in [0.29, 0.717) is 17.9 Å². The third-order valence-electron chi connectivity index (χ3n) is 3.84. The second-order valence-corrected chi connectivity index (χ2v) is 6.01. The molecule has 7 nitrogen and oxygen atoms in total. The number of halogens is 1. The number of rotatable bonds is 8. The largest absolute Gasteiger partial charge is 0.494 e. The van der Waals surface area contributed by atoms with Crippen molar-refractivity contribution in [2.45, 2.75) is 26.4 Å². The monoisotopic (exact) mass is 385 g/mol. The molecule has 0 aliphatic rings. The van der Waals surface area contributed by atoms with Gasteiger partial charge in [0.25, 0.3) is 5.91 Å². The van der Waals surface area contributed by atoms with E-state index in [1.54, 1.807) is 36.4 Å². The van der Waals surface area contributed by atoms with Gasteiger partial charge in [-0.15, -0.1) is 0 Å². The Kier molecular flexibility index (Phi) is 6.21. The van der Waals surface area contributed by atoms with E-state index >= 15 is 0 Å². The van der Waals surface area contributed by atoms with E-state index in [2.05, 4.69) is 15.6 Å². The van der Waals surface area contributed by atoms with Crippen LogP contribution < -0.4 is 14.8 Å². The summed E-state index contributed by atoms with van der Waals surface area (Å²) >= 11 is 0. The van der Waals surface area contributed by atoms with Crippen molar-refractivity contribution in [2.75, 3.05) is 11.9 Å². The predicted octanol–water partition coefficient (Wildman–Crippen LogP) is 4.07. The lowest BCUT2D eigenvalue weighted by atomic mass is 10.1. The maximum atomic E-state index is 13.7. The van der Waals surface area contributed by atoms with Crippen LogP contribution in [0.4, 0.5) is 10.2 Å². The molecule has 1 amide bonds. The van der Waals surface area contributed by atoms with E-state index in [1.807, 2.05) is 6.92 Å². The highest BCUT2D eigenvalue weighted by Crippen LogP contribution is 2.26. The Morgan fingerprint density at radius 2 is 1.93 bits per heavy atom. The van der Waals surface area contributed by atoms with Gasteiger partial charge in [-0.2, -0.15) is 0 Å². The molecule has 146 valence electrons. The van der Waals surface area contributed by atoms with Crippen molar-refractivity contribution in [3.63, 3.8) is 0 Å². The minimum Gasteiger partial charge on any atom is -0.494 e. The van der Waals surface area contributed by atoms with Crippen molar-refractivity contribution in [3.8, 4) is 22.8 Å². The van der Waals surface area contributed by atoms with Gasteiger partial charge in [0.15, 0.2) is 23.4 Å². The van der Waals surface area contributed by atoms with Gasteiger partial charge in [0, 0.05) is 5.56 Å². The number of hydrogen-bond acceptors (Lipinski definition) is 6. The molecule has 1 aromatic heterocycles. The first-order valence-electron chi connectivity index (χ1n) is 8.86. The van der Waals surface area contributed by atoms with Crippen molar-refractivity contribution >= 4 is 11.7 Å². The Hall–Kier alpha value is -3.42. The Morgan fingerprint density at radius 1 is 1.18 bits per heavy atom. The average molecular weight is 385 g/mol. The van der Waals surface area contributed by atoms with Gasteiger partial charge >= 0.3 is 0 Å². The predicted molar refractivity (Wildman–Crippen MR) is 101 cm³/mol. The van der Waals surface area contributed by atoms with Crippen LogP contribution in [0.2, 0.25) is 0 Å². The molecule has 3 rings (SSSR count). The SMILES string of the molecule is CCCOc1ccc(-c2nonc2NC(=O)C(C)Oc2ccccc2F)cc1. The number of aromatic nitrogens is 2. The first-order valence-corrected chi connectivity index (χ1v) is 8.86. The lowest BCUT2D eigenvalue weighted by Gasteiger charge is -2.14. The molecule has 0 saturated heterocycles. The highest BCUT2D eigenvalue weighted by atomic mass is 19.1. The molecule has 1 N–H and O–H groups in total. The number of carbonyl (C=O) groups is 1. The maximum absolute atomic E-state index is 13.7. The molecule has 0 radical (unpaired) electrons. The Morgan fingerprint density at radius 3 is 2.64 bits per heavy atom. The summed E-state index contributed by atoms with van der Waals surface area (Å²) in [6.07, 6.45) is -0.0376. The van der Waals surface area contributed by atoms with Gasteiger partial charge in [0.1, 0.15) is 5.75 Å². The smallest absolute Gasteiger partial charge is 0.266 e. The van der Waals surface area contributed by atoms with Crippen molar-refractivity contribution in [1.29, 1.82) is 0 Å². The zero-order valence-corrected chi connectivity index (χ0v) is 15.5. The second-order valence-electron chi connectivity index (χ2n) is 6.01. The fourth-order valence-electron chi connectivity index (χ4n) is 2.39. The van der Waals surface area contributed by atoms with Crippen molar-refractivity contribution in [2.24, 2.45) is 0 Å². The van der Waals surface area contributed by atoms with E-state index < -0.39 is 17.8 Å². The molecule has 1 heterocycles. The van der Waals surface area contributed by atoms with Crippen LogP contribution in [0, 0.1) is 5.82 Å². The van der Waals surface area contributed by atoms with E-state index in [0.717, 1.165) is 12.2 Å². The van der Waals surface area contributed by atoms with Crippen LogP contribution in [0.25, 0.3) is 11.3 Å². The molecule has 8 heteroatoms. The zero-order chi connectivity index (χ0) is 19.9. The van der Waals surface area contributed by atoms with E-state index in [-0.39, 0.29) is 11.6 Å². The lowest BCUT2D eigenvalue weighted by Crippen LogP contribution is -2.30. The fourth-order valence-corrected chi connectivity index (χ4v) is 2.39. The molecule has 0 bridgehead atoms. The number of amides is 1. The van der Waals surface area contributed by atoms with Crippen LogP contribution >= 0.6 is 0 Å². The molecular weight excluding hydrogens is 365 g/mol. The Bertz CT molecular complexity index is 927. The molecule has 28 heavy (non-hydrogen) atoms. The fraction of sp³-hybridized carbons (Fsp3) is 0.250. The molecule has 0 saturated carbocycles. The minimum absolute atomic E-state index is 0.00804. The van der Waals surface area contributed by atoms with Crippen molar-refractivity contribution in [1.82, 2.24) is 10.3 Å². The Labute approximate surface area is 161 Å². The van der Waals surface area contributed by atoms with Crippen LogP contribution in [0.15, 0.2) is 53.2 Å².